The van der Waals surface area contributed by atoms with Crippen LogP contribution in [0.2, 0.25) is 0 Å². The summed E-state index contributed by atoms with van der Waals surface area (Å²) in [5.74, 6) is -0.494. The summed E-state index contributed by atoms with van der Waals surface area (Å²) in [5.41, 5.74) is 0. The smallest absolute Gasteiger partial charge is 0.456 e. The molecule has 3 atom stereocenters. The molecule has 3 unspecified atom stereocenters. The van der Waals surface area contributed by atoms with E-state index in [-0.39, 0.29) is 25.1 Å². The van der Waals surface area contributed by atoms with Gasteiger partial charge in [-0.25, -0.2) is 4.57 Å². The van der Waals surface area contributed by atoms with E-state index in [1.807, 2.05) is 33.3 Å². The summed E-state index contributed by atoms with van der Waals surface area (Å²) in [4.78, 5) is 37.7. The molecule has 0 spiro atoms. The Kier molecular flexibility index (Phi) is 55.7. The van der Waals surface area contributed by atoms with E-state index >= 15 is 0 Å². The Morgan fingerprint density at radius 3 is 1.21 bits per heavy atom. The Hall–Kier alpha value is -2.03. The molecule has 0 bridgehead atoms. The third-order valence-corrected chi connectivity index (χ3v) is 15.8. The van der Waals surface area contributed by atoms with Crippen molar-refractivity contribution in [3.05, 3.63) is 48.6 Å². The number of esters is 1. The molecule has 0 aromatic heterocycles. The summed E-state index contributed by atoms with van der Waals surface area (Å²) in [6.07, 6.45) is 71.2. The first-order valence-electron chi connectivity index (χ1n) is 33.0. The Morgan fingerprint density at radius 2 is 0.792 bits per heavy atom. The van der Waals surface area contributed by atoms with Gasteiger partial charge >= 0.3 is 13.8 Å². The van der Waals surface area contributed by atoms with Crippen LogP contribution >= 0.6 is 7.82 Å². The number of amides is 1. The monoisotopic (exact) mass is 1100 g/mol. The SMILES string of the molecule is CCCCC/C=C\C/C=C\C/C=C\CCCCCCCCCCCCCCCCC(=O)NC(COP(=O)(O)OCC[N+](C)(C)C)C(/C=C/CCCCCCCCCCCCC)OC(=O)CCCCCCCCCCCCC. The van der Waals surface area contributed by atoms with Gasteiger partial charge in [0.25, 0.3) is 0 Å². The highest BCUT2D eigenvalue weighted by atomic mass is 31.2. The van der Waals surface area contributed by atoms with E-state index in [0.717, 1.165) is 70.6 Å². The number of quaternary nitrogens is 1. The van der Waals surface area contributed by atoms with Gasteiger partial charge in [-0.2, -0.15) is 0 Å². The van der Waals surface area contributed by atoms with Crippen LogP contribution < -0.4 is 5.32 Å². The Labute approximate surface area is 478 Å². The van der Waals surface area contributed by atoms with E-state index in [4.69, 9.17) is 13.8 Å². The second-order valence-electron chi connectivity index (χ2n) is 23.6. The minimum absolute atomic E-state index is 0.0420. The molecule has 10 heteroatoms. The molecule has 0 fully saturated rings. The third-order valence-electron chi connectivity index (χ3n) is 14.8. The maximum Gasteiger partial charge on any atom is 0.472 e. The molecular weight excluding hydrogens is 976 g/mol. The van der Waals surface area contributed by atoms with E-state index < -0.39 is 20.0 Å². The van der Waals surface area contributed by atoms with Crippen molar-refractivity contribution in [2.75, 3.05) is 40.9 Å². The van der Waals surface area contributed by atoms with Gasteiger partial charge in [-0.1, -0.05) is 282 Å². The summed E-state index contributed by atoms with van der Waals surface area (Å²) in [5, 5.41) is 3.06. The maximum atomic E-state index is 13.6. The number of hydrogen-bond acceptors (Lipinski definition) is 6. The average molecular weight is 1100 g/mol. The standard InChI is InChI=1S/C67H127N2O7P/c1-7-10-13-16-19-22-25-27-28-29-30-31-32-33-34-35-36-37-38-39-40-42-45-47-50-53-56-59-66(70)68-64(63-75-77(72,73)74-62-61-69(4,5)6)65(58-55-52-49-46-44-41-26-23-20-17-14-11-8-2)76-67(71)60-57-54-51-48-43-24-21-18-15-12-9-3/h19,22,27-28,30-31,55,58,64-65H,7-18,20-21,23-26,29,32-54,56-57,59-63H2,1-6H3,(H-,68,70,72,73)/p+1/b22-19-,28-27-,31-30-,58-55+. The summed E-state index contributed by atoms with van der Waals surface area (Å²) in [6, 6.07) is -0.845. The summed E-state index contributed by atoms with van der Waals surface area (Å²) in [7, 11) is 1.51. The molecule has 0 rings (SSSR count). The first-order valence-corrected chi connectivity index (χ1v) is 34.5. The van der Waals surface area contributed by atoms with Gasteiger partial charge in [0.05, 0.1) is 33.8 Å². The predicted octanol–water partition coefficient (Wildman–Crippen LogP) is 20.5. The fourth-order valence-electron chi connectivity index (χ4n) is 9.65. The van der Waals surface area contributed by atoms with Gasteiger partial charge in [0, 0.05) is 12.8 Å². The topological polar surface area (TPSA) is 111 Å². The van der Waals surface area contributed by atoms with Gasteiger partial charge in [-0.3, -0.25) is 18.6 Å². The van der Waals surface area contributed by atoms with Gasteiger partial charge in [0.1, 0.15) is 19.3 Å². The van der Waals surface area contributed by atoms with Crippen LogP contribution in [0, 0.1) is 0 Å². The van der Waals surface area contributed by atoms with Crippen LogP contribution in [0.3, 0.4) is 0 Å². The fourth-order valence-corrected chi connectivity index (χ4v) is 10.4. The fraction of sp³-hybridized carbons (Fsp3) is 0.851. The van der Waals surface area contributed by atoms with Crippen LogP contribution in [-0.4, -0.2) is 74.3 Å². The highest BCUT2D eigenvalue weighted by Gasteiger charge is 2.30. The molecular formula is C67H128N2O7P+. The van der Waals surface area contributed by atoms with Crippen LogP contribution in [0.5, 0.6) is 0 Å². The van der Waals surface area contributed by atoms with Crippen molar-refractivity contribution >= 4 is 19.7 Å². The van der Waals surface area contributed by atoms with Crippen LogP contribution in [0.25, 0.3) is 0 Å². The van der Waals surface area contributed by atoms with Crippen molar-refractivity contribution in [2.24, 2.45) is 0 Å². The molecule has 9 nitrogen and oxygen atoms in total. The molecule has 0 aliphatic carbocycles. The number of ether oxygens (including phenoxy) is 1. The van der Waals surface area contributed by atoms with Crippen molar-refractivity contribution in [1.29, 1.82) is 0 Å². The number of unbranched alkanes of at least 4 members (excludes halogenated alkanes) is 38. The molecule has 0 saturated heterocycles. The maximum absolute atomic E-state index is 13.6. The highest BCUT2D eigenvalue weighted by molar-refractivity contribution is 7.47. The number of nitrogens with zero attached hydrogens (tertiary/aromatic N) is 1. The molecule has 1 amide bonds. The first-order chi connectivity index (χ1) is 37.4. The van der Waals surface area contributed by atoms with Gasteiger partial charge in [0.2, 0.25) is 5.91 Å². The van der Waals surface area contributed by atoms with E-state index in [1.165, 1.54) is 212 Å². The lowest BCUT2D eigenvalue weighted by Crippen LogP contribution is -2.47. The molecule has 0 aliphatic heterocycles. The molecule has 0 radical (unpaired) electrons. The Morgan fingerprint density at radius 1 is 0.455 bits per heavy atom. The molecule has 452 valence electrons. The van der Waals surface area contributed by atoms with E-state index in [0.29, 0.717) is 23.9 Å². The molecule has 0 heterocycles. The van der Waals surface area contributed by atoms with Gasteiger partial charge < -0.3 is 19.4 Å². The zero-order chi connectivity index (χ0) is 56.4. The number of hydrogen-bond donors (Lipinski definition) is 2. The number of likely N-dealkylation sites (N-methyl/N-ethyl adjacent to an activating group) is 1. The summed E-state index contributed by atoms with van der Waals surface area (Å²) in [6.45, 7) is 7.01. The zero-order valence-electron chi connectivity index (χ0n) is 51.7. The van der Waals surface area contributed by atoms with Gasteiger partial charge in [-0.05, 0) is 70.3 Å². The van der Waals surface area contributed by atoms with Crippen molar-refractivity contribution in [1.82, 2.24) is 5.32 Å². The number of phosphoric acid groups is 1. The minimum Gasteiger partial charge on any atom is -0.456 e. The molecule has 0 aromatic rings. The second-order valence-corrected chi connectivity index (χ2v) is 25.1. The van der Waals surface area contributed by atoms with E-state index in [9.17, 15) is 19.0 Å². The molecule has 0 saturated carbocycles. The van der Waals surface area contributed by atoms with Gasteiger partial charge in [-0.15, -0.1) is 0 Å². The Balaban J connectivity index is 5.00. The predicted molar refractivity (Wildman–Crippen MR) is 332 cm³/mol. The van der Waals surface area contributed by atoms with Crippen LogP contribution in [0.4, 0.5) is 0 Å². The number of carbonyl (C=O) groups is 2. The molecule has 2 N–H and O–H groups in total. The van der Waals surface area contributed by atoms with Crippen molar-refractivity contribution in [3.8, 4) is 0 Å². The highest BCUT2D eigenvalue weighted by Crippen LogP contribution is 2.43. The Bertz CT molecular complexity index is 1460. The summed E-state index contributed by atoms with van der Waals surface area (Å²) >= 11 is 0. The lowest BCUT2D eigenvalue weighted by Gasteiger charge is -2.27. The van der Waals surface area contributed by atoms with Crippen molar-refractivity contribution < 1.29 is 37.3 Å². The third kappa shape index (κ3) is 58.4. The van der Waals surface area contributed by atoms with Crippen molar-refractivity contribution in [3.63, 3.8) is 0 Å². The largest absolute Gasteiger partial charge is 0.472 e. The lowest BCUT2D eigenvalue weighted by atomic mass is 10.0. The van der Waals surface area contributed by atoms with Crippen LogP contribution in [0.1, 0.15) is 316 Å². The van der Waals surface area contributed by atoms with E-state index in [2.05, 4.69) is 62.5 Å². The van der Waals surface area contributed by atoms with Gasteiger partial charge in [0.15, 0.2) is 0 Å². The zero-order valence-corrected chi connectivity index (χ0v) is 52.6. The molecule has 0 aliphatic rings. The number of carbonyl (C=O) groups excluding carboxylic acids is 2. The normalized spacial score (nSPS) is 13.9. The number of phosphoric ester groups is 1. The number of rotatable bonds is 60. The average Bonchev–Trinajstić information content (AvgIpc) is 3.39. The lowest BCUT2D eigenvalue weighted by molar-refractivity contribution is -0.870. The van der Waals surface area contributed by atoms with E-state index in [1.54, 1.807) is 0 Å². The summed E-state index contributed by atoms with van der Waals surface area (Å²) < 4.78 is 30.7. The number of nitrogens with one attached hydrogen (secondary N) is 1. The van der Waals surface area contributed by atoms with Crippen LogP contribution in [-0.2, 0) is 27.9 Å². The quantitative estimate of drug-likeness (QED) is 0.0205. The minimum atomic E-state index is -4.44. The van der Waals surface area contributed by atoms with Crippen LogP contribution in [0.15, 0.2) is 48.6 Å². The van der Waals surface area contributed by atoms with Crippen molar-refractivity contribution in [2.45, 2.75) is 328 Å². The second kappa shape index (κ2) is 57.2. The first kappa shape index (κ1) is 75.0. The molecule has 0 aromatic carbocycles. The number of allylic oxidation sites excluding steroid dienone is 7. The molecule has 77 heavy (non-hydrogen) atoms.